The Labute approximate surface area is 159 Å². The van der Waals surface area contributed by atoms with Crippen LogP contribution < -0.4 is 0 Å². The van der Waals surface area contributed by atoms with Crippen LogP contribution in [0.25, 0.3) is 0 Å². The van der Waals surface area contributed by atoms with Crippen LogP contribution in [-0.4, -0.2) is 23.3 Å². The van der Waals surface area contributed by atoms with Gasteiger partial charge in [-0.1, -0.05) is 50.1 Å². The second-order valence-corrected chi connectivity index (χ2v) is 9.56. The van der Waals surface area contributed by atoms with Crippen LogP contribution in [0, 0.1) is 23.7 Å². The molecule has 1 aliphatic heterocycles. The molecular formula is C24H34N2. The van der Waals surface area contributed by atoms with E-state index < -0.39 is 0 Å². The number of rotatable bonds is 6. The Hall–Kier alpha value is -1.31. The summed E-state index contributed by atoms with van der Waals surface area (Å²) in [5, 5.41) is 7.90. The first-order valence-electron chi connectivity index (χ1n) is 11.2. The van der Waals surface area contributed by atoms with Crippen molar-refractivity contribution in [3.05, 3.63) is 35.9 Å². The van der Waals surface area contributed by atoms with Gasteiger partial charge in [0, 0.05) is 18.2 Å². The van der Waals surface area contributed by atoms with Gasteiger partial charge in [-0.2, -0.15) is 5.10 Å². The van der Waals surface area contributed by atoms with Crippen molar-refractivity contribution in [1.29, 1.82) is 0 Å². The van der Waals surface area contributed by atoms with Crippen molar-refractivity contribution in [2.75, 3.05) is 6.54 Å². The fourth-order valence-corrected chi connectivity index (χ4v) is 6.90. The molecule has 0 saturated heterocycles. The van der Waals surface area contributed by atoms with Gasteiger partial charge in [0.2, 0.25) is 0 Å². The zero-order chi connectivity index (χ0) is 17.5. The van der Waals surface area contributed by atoms with Gasteiger partial charge >= 0.3 is 0 Å². The van der Waals surface area contributed by atoms with Gasteiger partial charge in [-0.3, -0.25) is 5.01 Å². The monoisotopic (exact) mass is 350 g/mol. The molecule has 5 aliphatic rings. The summed E-state index contributed by atoms with van der Waals surface area (Å²) in [4.78, 5) is 0. The van der Waals surface area contributed by atoms with E-state index in [4.69, 9.17) is 5.10 Å². The lowest BCUT2D eigenvalue weighted by Crippen LogP contribution is -2.54. The minimum Gasteiger partial charge on any atom is -0.292 e. The Bertz CT molecular complexity index is 621. The number of benzene rings is 1. The summed E-state index contributed by atoms with van der Waals surface area (Å²) in [5.41, 5.74) is 2.95. The largest absolute Gasteiger partial charge is 0.292 e. The average Bonchev–Trinajstić information content (AvgIpc) is 3.06. The molecule has 0 aromatic heterocycles. The van der Waals surface area contributed by atoms with E-state index in [9.17, 15) is 0 Å². The van der Waals surface area contributed by atoms with Gasteiger partial charge in [0.05, 0.1) is 6.04 Å². The van der Waals surface area contributed by atoms with Crippen molar-refractivity contribution in [2.45, 2.75) is 76.7 Å². The number of unbranched alkanes of at least 4 members (excludes halogenated alkanes) is 2. The summed E-state index contributed by atoms with van der Waals surface area (Å²) in [6.07, 6.45) is 12.6. The topological polar surface area (TPSA) is 15.6 Å². The SMILES string of the molecule is CCCCCC1=NN(C2C3CC4CC(C3)CC2C4)CC1c1ccccc1. The fourth-order valence-electron chi connectivity index (χ4n) is 6.90. The van der Waals surface area contributed by atoms with Gasteiger partial charge in [0.15, 0.2) is 0 Å². The lowest BCUT2D eigenvalue weighted by Gasteiger charge is -2.56. The van der Waals surface area contributed by atoms with E-state index in [1.165, 1.54) is 69.1 Å². The van der Waals surface area contributed by atoms with E-state index in [1.807, 2.05) is 0 Å². The molecule has 26 heavy (non-hydrogen) atoms. The van der Waals surface area contributed by atoms with Crippen LogP contribution >= 0.6 is 0 Å². The molecule has 2 heteroatoms. The zero-order valence-corrected chi connectivity index (χ0v) is 16.3. The molecule has 2 nitrogen and oxygen atoms in total. The maximum atomic E-state index is 5.31. The molecule has 1 atom stereocenters. The Morgan fingerprint density at radius 2 is 1.62 bits per heavy atom. The van der Waals surface area contributed by atoms with Crippen molar-refractivity contribution in [1.82, 2.24) is 5.01 Å². The van der Waals surface area contributed by atoms with Crippen molar-refractivity contribution < 1.29 is 0 Å². The van der Waals surface area contributed by atoms with Crippen LogP contribution in [0.1, 0.15) is 76.2 Å². The number of nitrogens with zero attached hydrogens (tertiary/aromatic N) is 2. The van der Waals surface area contributed by atoms with E-state index in [0.29, 0.717) is 5.92 Å². The normalized spacial score (nSPS) is 38.0. The quantitative estimate of drug-likeness (QED) is 0.588. The standard InChI is InChI=1S/C24H34N2/c1-2-3-5-10-23-22(19-8-6-4-7-9-19)16-26(25-23)24-20-12-17-11-18(14-20)15-21(24)13-17/h4,6-9,17-18,20-22,24H,2-3,5,10-16H2,1H3. The zero-order valence-electron chi connectivity index (χ0n) is 16.3. The second kappa shape index (κ2) is 7.02. The predicted octanol–water partition coefficient (Wildman–Crippen LogP) is 5.85. The maximum Gasteiger partial charge on any atom is 0.0527 e. The Morgan fingerprint density at radius 1 is 0.923 bits per heavy atom. The third-order valence-corrected chi connectivity index (χ3v) is 7.79. The lowest BCUT2D eigenvalue weighted by molar-refractivity contribution is -0.0622. The lowest BCUT2D eigenvalue weighted by atomic mass is 9.54. The van der Waals surface area contributed by atoms with E-state index in [1.54, 1.807) is 0 Å². The molecule has 1 aromatic rings. The van der Waals surface area contributed by atoms with Gasteiger partial charge in [-0.05, 0) is 74.2 Å². The van der Waals surface area contributed by atoms with Gasteiger partial charge in [0.1, 0.15) is 0 Å². The van der Waals surface area contributed by atoms with Gasteiger partial charge < -0.3 is 0 Å². The molecule has 0 spiro atoms. The second-order valence-electron chi connectivity index (χ2n) is 9.56. The van der Waals surface area contributed by atoms with Crippen LogP contribution in [0.3, 0.4) is 0 Å². The summed E-state index contributed by atoms with van der Waals surface area (Å²) >= 11 is 0. The van der Waals surface area contributed by atoms with E-state index in [0.717, 1.165) is 36.3 Å². The first kappa shape index (κ1) is 16.8. The molecule has 4 bridgehead atoms. The molecule has 0 amide bonds. The molecule has 6 rings (SSSR count). The van der Waals surface area contributed by atoms with Gasteiger partial charge in [0.25, 0.3) is 0 Å². The fraction of sp³-hybridized carbons (Fsp3) is 0.708. The molecule has 1 unspecified atom stereocenters. The summed E-state index contributed by atoms with van der Waals surface area (Å²) in [6, 6.07) is 11.9. The van der Waals surface area contributed by atoms with Crippen LogP contribution in [-0.2, 0) is 0 Å². The van der Waals surface area contributed by atoms with E-state index in [-0.39, 0.29) is 0 Å². The molecule has 1 heterocycles. The molecule has 4 aliphatic carbocycles. The third-order valence-electron chi connectivity index (χ3n) is 7.79. The average molecular weight is 351 g/mol. The summed E-state index contributed by atoms with van der Waals surface area (Å²) in [5.74, 6) is 4.50. The molecule has 1 aromatic carbocycles. The predicted molar refractivity (Wildman–Crippen MR) is 108 cm³/mol. The third kappa shape index (κ3) is 3.00. The highest BCUT2D eigenvalue weighted by atomic mass is 15.5. The number of hydrogen-bond acceptors (Lipinski definition) is 2. The molecule has 4 fully saturated rings. The summed E-state index contributed by atoms with van der Waals surface area (Å²) < 4.78 is 0. The van der Waals surface area contributed by atoms with Crippen molar-refractivity contribution in [3.63, 3.8) is 0 Å². The van der Waals surface area contributed by atoms with E-state index >= 15 is 0 Å². The first-order valence-corrected chi connectivity index (χ1v) is 11.2. The first-order chi connectivity index (χ1) is 12.8. The Morgan fingerprint density at radius 3 is 2.27 bits per heavy atom. The number of hydrazone groups is 1. The highest BCUT2D eigenvalue weighted by Gasteiger charge is 2.51. The van der Waals surface area contributed by atoms with Crippen molar-refractivity contribution in [2.24, 2.45) is 28.8 Å². The maximum absolute atomic E-state index is 5.31. The van der Waals surface area contributed by atoms with E-state index in [2.05, 4.69) is 42.3 Å². The minimum absolute atomic E-state index is 0.533. The highest BCUT2D eigenvalue weighted by Crippen LogP contribution is 2.55. The smallest absolute Gasteiger partial charge is 0.0527 e. The highest BCUT2D eigenvalue weighted by molar-refractivity contribution is 5.92. The minimum atomic E-state index is 0.533. The molecule has 4 saturated carbocycles. The molecule has 140 valence electrons. The van der Waals surface area contributed by atoms with Crippen LogP contribution in [0.5, 0.6) is 0 Å². The van der Waals surface area contributed by atoms with Crippen LogP contribution in [0.15, 0.2) is 35.4 Å². The van der Waals surface area contributed by atoms with Gasteiger partial charge in [-0.15, -0.1) is 0 Å². The summed E-state index contributed by atoms with van der Waals surface area (Å²) in [7, 11) is 0. The van der Waals surface area contributed by atoms with Gasteiger partial charge in [-0.25, -0.2) is 0 Å². The van der Waals surface area contributed by atoms with Crippen LogP contribution in [0.4, 0.5) is 0 Å². The Balaban J connectivity index is 1.37. The van der Waals surface area contributed by atoms with Crippen molar-refractivity contribution >= 4 is 5.71 Å². The van der Waals surface area contributed by atoms with Crippen molar-refractivity contribution in [3.8, 4) is 0 Å². The number of hydrogen-bond donors (Lipinski definition) is 0. The summed E-state index contributed by atoms with van der Waals surface area (Å²) in [6.45, 7) is 3.43. The Kier molecular flexibility index (Phi) is 4.54. The van der Waals surface area contributed by atoms with Crippen LogP contribution in [0.2, 0.25) is 0 Å². The molecular weight excluding hydrogens is 316 g/mol. The molecule has 0 radical (unpaired) electrons. The molecule has 0 N–H and O–H groups in total.